The lowest BCUT2D eigenvalue weighted by atomic mass is 9.84. The van der Waals surface area contributed by atoms with Gasteiger partial charge >= 0.3 is 0 Å². The average molecular weight is 309 g/mol. The van der Waals surface area contributed by atoms with E-state index in [0.717, 1.165) is 0 Å². The molecule has 0 saturated carbocycles. The summed E-state index contributed by atoms with van der Waals surface area (Å²) in [6, 6.07) is 0. The van der Waals surface area contributed by atoms with Gasteiger partial charge in [0.2, 0.25) is 0 Å². The van der Waals surface area contributed by atoms with Crippen molar-refractivity contribution < 1.29 is 0 Å². The van der Waals surface area contributed by atoms with Gasteiger partial charge in [-0.3, -0.25) is 9.98 Å². The third kappa shape index (κ3) is 13.0. The highest BCUT2D eigenvalue weighted by molar-refractivity contribution is 5.65. The normalized spacial score (nSPS) is 15.2. The van der Waals surface area contributed by atoms with E-state index in [2.05, 4.69) is 91.7 Å². The van der Waals surface area contributed by atoms with Crippen LogP contribution in [0.15, 0.2) is 9.98 Å². The van der Waals surface area contributed by atoms with E-state index in [9.17, 15) is 0 Å². The first-order chi connectivity index (χ1) is 9.62. The molecular formula is C20H40N2. The quantitative estimate of drug-likeness (QED) is 0.387. The van der Waals surface area contributed by atoms with E-state index in [1.54, 1.807) is 0 Å². The van der Waals surface area contributed by atoms with Crippen LogP contribution in [0.3, 0.4) is 0 Å². The molecule has 0 amide bonds. The van der Waals surface area contributed by atoms with Crippen molar-refractivity contribution >= 4 is 12.4 Å². The Morgan fingerprint density at radius 2 is 0.818 bits per heavy atom. The summed E-state index contributed by atoms with van der Waals surface area (Å²) in [5.41, 5.74) is 0.444. The van der Waals surface area contributed by atoms with Crippen LogP contribution < -0.4 is 0 Å². The zero-order chi connectivity index (χ0) is 17.7. The standard InChI is InChI=1S/C20H40N2/c1-17(2,3)21-15-19(7,8)13-11-12-14-20(9,10)16-22-18(4,5)6/h15-16H,11-14H2,1-10H3. The predicted molar refractivity (Wildman–Crippen MR) is 103 cm³/mol. The second-order valence-electron chi connectivity index (χ2n) is 10.0. The van der Waals surface area contributed by atoms with Crippen LogP contribution in [0.1, 0.15) is 94.9 Å². The summed E-state index contributed by atoms with van der Waals surface area (Å²) in [4.78, 5) is 9.33. The molecule has 0 radical (unpaired) electrons. The first kappa shape index (κ1) is 21.3. The summed E-state index contributed by atoms with van der Waals surface area (Å²) in [5.74, 6) is 0. The number of aliphatic imine (C=N–C) groups is 2. The van der Waals surface area contributed by atoms with Crippen LogP contribution in [0.25, 0.3) is 0 Å². The smallest absolute Gasteiger partial charge is 0.0520 e. The predicted octanol–water partition coefficient (Wildman–Crippen LogP) is 6.34. The summed E-state index contributed by atoms with van der Waals surface area (Å²) >= 11 is 0. The third-order valence-corrected chi connectivity index (χ3v) is 3.49. The summed E-state index contributed by atoms with van der Waals surface area (Å²) in [7, 11) is 0. The fourth-order valence-electron chi connectivity index (χ4n) is 2.03. The van der Waals surface area contributed by atoms with E-state index in [1.165, 1.54) is 25.7 Å². The molecule has 0 unspecified atom stereocenters. The van der Waals surface area contributed by atoms with Gasteiger partial charge in [-0.05, 0) is 65.2 Å². The largest absolute Gasteiger partial charge is 0.291 e. The van der Waals surface area contributed by atoms with E-state index < -0.39 is 0 Å². The first-order valence-electron chi connectivity index (χ1n) is 8.75. The summed E-state index contributed by atoms with van der Waals surface area (Å²) in [6.07, 6.45) is 9.18. The van der Waals surface area contributed by atoms with Crippen molar-refractivity contribution in [3.8, 4) is 0 Å². The molecule has 0 bridgehead atoms. The van der Waals surface area contributed by atoms with Crippen LogP contribution in [0.4, 0.5) is 0 Å². The zero-order valence-electron chi connectivity index (χ0n) is 16.9. The molecule has 0 aromatic heterocycles. The Balaban J connectivity index is 4.26. The molecular weight excluding hydrogens is 268 g/mol. The van der Waals surface area contributed by atoms with E-state index >= 15 is 0 Å². The highest BCUT2D eigenvalue weighted by Crippen LogP contribution is 2.27. The Labute approximate surface area is 139 Å². The van der Waals surface area contributed by atoms with E-state index in [0.29, 0.717) is 0 Å². The number of hydrogen-bond acceptors (Lipinski definition) is 2. The fraction of sp³-hybridized carbons (Fsp3) is 0.900. The van der Waals surface area contributed by atoms with Gasteiger partial charge in [-0.2, -0.15) is 0 Å². The van der Waals surface area contributed by atoms with Crippen molar-refractivity contribution in [2.75, 3.05) is 0 Å². The molecule has 0 aliphatic heterocycles. The van der Waals surface area contributed by atoms with Gasteiger partial charge in [0.15, 0.2) is 0 Å². The van der Waals surface area contributed by atoms with Crippen molar-refractivity contribution in [3.05, 3.63) is 0 Å². The van der Waals surface area contributed by atoms with Gasteiger partial charge < -0.3 is 0 Å². The molecule has 2 heteroatoms. The Bertz CT molecular complexity index is 335. The van der Waals surface area contributed by atoms with Gasteiger partial charge in [-0.15, -0.1) is 0 Å². The molecule has 2 nitrogen and oxygen atoms in total. The van der Waals surface area contributed by atoms with E-state index in [4.69, 9.17) is 0 Å². The lowest BCUT2D eigenvalue weighted by molar-refractivity contribution is 0.401. The van der Waals surface area contributed by atoms with Crippen molar-refractivity contribution in [1.29, 1.82) is 0 Å². The van der Waals surface area contributed by atoms with Gasteiger partial charge in [0.05, 0.1) is 11.1 Å². The van der Waals surface area contributed by atoms with Crippen LogP contribution in [0.2, 0.25) is 0 Å². The Kier molecular flexibility index (Phi) is 7.51. The molecule has 0 heterocycles. The van der Waals surface area contributed by atoms with Crippen LogP contribution in [-0.2, 0) is 0 Å². The van der Waals surface area contributed by atoms with E-state index in [1.807, 2.05) is 0 Å². The number of nitrogens with zero attached hydrogens (tertiary/aromatic N) is 2. The van der Waals surface area contributed by atoms with Crippen LogP contribution in [-0.4, -0.2) is 23.5 Å². The number of hydrogen-bond donors (Lipinski definition) is 0. The lowest BCUT2D eigenvalue weighted by Crippen LogP contribution is -2.19. The maximum Gasteiger partial charge on any atom is 0.0520 e. The minimum absolute atomic E-state index is 0.0304. The minimum atomic E-state index is 0.0304. The summed E-state index contributed by atoms with van der Waals surface area (Å²) in [5, 5.41) is 0. The third-order valence-electron chi connectivity index (χ3n) is 3.49. The lowest BCUT2D eigenvalue weighted by Gasteiger charge is -2.24. The molecule has 130 valence electrons. The highest BCUT2D eigenvalue weighted by atomic mass is 14.8. The van der Waals surface area contributed by atoms with Gasteiger partial charge in [0.1, 0.15) is 0 Å². The van der Waals surface area contributed by atoms with E-state index in [-0.39, 0.29) is 21.9 Å². The molecule has 0 aromatic carbocycles. The monoisotopic (exact) mass is 308 g/mol. The average Bonchev–Trinajstić information content (AvgIpc) is 2.29. The first-order valence-corrected chi connectivity index (χ1v) is 8.75. The Hall–Kier alpha value is -0.660. The summed E-state index contributed by atoms with van der Waals surface area (Å²) < 4.78 is 0. The molecule has 0 saturated heterocycles. The fourth-order valence-corrected chi connectivity index (χ4v) is 2.03. The Morgan fingerprint density at radius 3 is 1.05 bits per heavy atom. The number of rotatable bonds is 7. The van der Waals surface area contributed by atoms with Gasteiger partial charge in [0.25, 0.3) is 0 Å². The van der Waals surface area contributed by atoms with Crippen molar-refractivity contribution in [1.82, 2.24) is 0 Å². The van der Waals surface area contributed by atoms with Gasteiger partial charge in [-0.25, -0.2) is 0 Å². The second-order valence-corrected chi connectivity index (χ2v) is 10.0. The second kappa shape index (κ2) is 7.75. The van der Waals surface area contributed by atoms with Crippen LogP contribution in [0, 0.1) is 10.8 Å². The summed E-state index contributed by atoms with van der Waals surface area (Å²) in [6.45, 7) is 22.0. The van der Waals surface area contributed by atoms with Crippen LogP contribution >= 0.6 is 0 Å². The Morgan fingerprint density at radius 1 is 0.545 bits per heavy atom. The molecule has 0 spiro atoms. The zero-order valence-corrected chi connectivity index (χ0v) is 16.9. The molecule has 0 N–H and O–H groups in total. The van der Waals surface area contributed by atoms with Crippen molar-refractivity contribution in [3.63, 3.8) is 0 Å². The van der Waals surface area contributed by atoms with Crippen LogP contribution in [0.5, 0.6) is 0 Å². The highest BCUT2D eigenvalue weighted by Gasteiger charge is 2.19. The minimum Gasteiger partial charge on any atom is -0.291 e. The van der Waals surface area contributed by atoms with Crippen molar-refractivity contribution in [2.45, 2.75) is 106 Å². The topological polar surface area (TPSA) is 24.7 Å². The van der Waals surface area contributed by atoms with Crippen molar-refractivity contribution in [2.24, 2.45) is 20.8 Å². The van der Waals surface area contributed by atoms with Gasteiger partial charge in [0, 0.05) is 12.4 Å². The molecule has 22 heavy (non-hydrogen) atoms. The molecule has 0 atom stereocenters. The van der Waals surface area contributed by atoms with Gasteiger partial charge in [-0.1, -0.05) is 40.5 Å². The molecule has 0 rings (SSSR count). The SMILES string of the molecule is CC(C)(C=NC(C)(C)C)CCCCC(C)(C)C=NC(C)(C)C. The molecule has 0 aliphatic rings. The maximum absolute atomic E-state index is 4.67. The molecule has 0 fully saturated rings. The number of unbranched alkanes of at least 4 members (excludes halogenated alkanes) is 1. The molecule has 0 aromatic rings. The molecule has 0 aliphatic carbocycles. The maximum atomic E-state index is 4.67.